The first-order valence-corrected chi connectivity index (χ1v) is 4.53. The minimum absolute atomic E-state index is 0.138. The average molecular weight is 263 g/mol. The normalized spacial score (nSPS) is 12.2. The topological polar surface area (TPSA) is 49.8 Å². The van der Waals surface area contributed by atoms with Crippen LogP contribution >= 0.6 is 27.5 Å². The first kappa shape index (κ1) is 10.5. The van der Waals surface area contributed by atoms with Crippen molar-refractivity contribution in [1.29, 1.82) is 5.26 Å². The maximum atomic E-state index is 13.1. The second-order valence-corrected chi connectivity index (χ2v) is 3.66. The van der Waals surface area contributed by atoms with E-state index in [1.807, 2.05) is 0 Å². The van der Waals surface area contributed by atoms with Crippen LogP contribution in [0.15, 0.2) is 16.6 Å². The Morgan fingerprint density at radius 3 is 2.77 bits per heavy atom. The van der Waals surface area contributed by atoms with Gasteiger partial charge < -0.3 is 5.73 Å². The van der Waals surface area contributed by atoms with E-state index in [9.17, 15) is 4.39 Å². The third kappa shape index (κ3) is 2.19. The third-order valence-electron chi connectivity index (χ3n) is 1.51. The standard InChI is InChI=1S/C8H5BrClFN2/c9-5-1-4(8(13)3-12)7(11)2-6(5)10/h1-2,8H,13H2. The van der Waals surface area contributed by atoms with Gasteiger partial charge in [0, 0.05) is 10.0 Å². The van der Waals surface area contributed by atoms with Crippen LogP contribution in [0.4, 0.5) is 4.39 Å². The third-order valence-corrected chi connectivity index (χ3v) is 2.71. The Hall–Kier alpha value is -0.630. The smallest absolute Gasteiger partial charge is 0.130 e. The molecule has 68 valence electrons. The summed E-state index contributed by atoms with van der Waals surface area (Å²) < 4.78 is 13.7. The molecule has 0 saturated carbocycles. The molecule has 1 rings (SSSR count). The number of benzene rings is 1. The monoisotopic (exact) mass is 262 g/mol. The maximum absolute atomic E-state index is 13.1. The molecule has 0 aliphatic heterocycles. The van der Waals surface area contributed by atoms with Gasteiger partial charge >= 0.3 is 0 Å². The van der Waals surface area contributed by atoms with Crippen LogP contribution in [-0.2, 0) is 0 Å². The van der Waals surface area contributed by atoms with Crippen molar-refractivity contribution in [1.82, 2.24) is 0 Å². The Labute approximate surface area is 88.2 Å². The summed E-state index contributed by atoms with van der Waals surface area (Å²) in [4.78, 5) is 0. The molecular weight excluding hydrogens is 258 g/mol. The molecule has 0 radical (unpaired) electrons. The summed E-state index contributed by atoms with van der Waals surface area (Å²) in [6.45, 7) is 0. The highest BCUT2D eigenvalue weighted by molar-refractivity contribution is 9.10. The summed E-state index contributed by atoms with van der Waals surface area (Å²) in [5.74, 6) is -0.567. The van der Waals surface area contributed by atoms with Crippen molar-refractivity contribution in [2.75, 3.05) is 0 Å². The fourth-order valence-corrected chi connectivity index (χ4v) is 1.36. The first-order valence-electron chi connectivity index (χ1n) is 3.36. The molecule has 0 fully saturated rings. The minimum atomic E-state index is -0.964. The molecule has 0 aromatic heterocycles. The number of nitrogens with zero attached hydrogens (tertiary/aromatic N) is 1. The van der Waals surface area contributed by atoms with Gasteiger partial charge in [-0.1, -0.05) is 11.6 Å². The molecule has 0 amide bonds. The van der Waals surface area contributed by atoms with Gasteiger partial charge in [-0.2, -0.15) is 5.26 Å². The fraction of sp³-hybridized carbons (Fsp3) is 0.125. The first-order chi connectivity index (χ1) is 6.06. The Bertz CT molecular complexity index is 375. The van der Waals surface area contributed by atoms with Crippen LogP contribution in [0, 0.1) is 17.1 Å². The number of hydrogen-bond donors (Lipinski definition) is 1. The number of nitriles is 1. The molecule has 0 spiro atoms. The van der Waals surface area contributed by atoms with E-state index >= 15 is 0 Å². The van der Waals surface area contributed by atoms with E-state index in [-0.39, 0.29) is 10.6 Å². The summed E-state index contributed by atoms with van der Waals surface area (Å²) in [5, 5.41) is 8.74. The lowest BCUT2D eigenvalue weighted by Gasteiger charge is -2.06. The Morgan fingerprint density at radius 2 is 2.23 bits per heavy atom. The second kappa shape index (κ2) is 4.05. The molecule has 2 N–H and O–H groups in total. The van der Waals surface area contributed by atoms with Gasteiger partial charge in [0.1, 0.15) is 11.9 Å². The van der Waals surface area contributed by atoms with Gasteiger partial charge in [-0.15, -0.1) is 0 Å². The van der Waals surface area contributed by atoms with Crippen molar-refractivity contribution in [2.24, 2.45) is 5.73 Å². The van der Waals surface area contributed by atoms with Crippen LogP contribution in [0.2, 0.25) is 5.02 Å². The van der Waals surface area contributed by atoms with Gasteiger partial charge in [-0.3, -0.25) is 0 Å². The number of nitrogens with two attached hydrogens (primary N) is 1. The summed E-state index contributed by atoms with van der Waals surface area (Å²) >= 11 is 8.74. The quantitative estimate of drug-likeness (QED) is 0.792. The zero-order valence-electron chi connectivity index (χ0n) is 6.39. The lowest BCUT2D eigenvalue weighted by Crippen LogP contribution is -2.09. The molecule has 2 nitrogen and oxygen atoms in total. The number of hydrogen-bond acceptors (Lipinski definition) is 2. The van der Waals surface area contributed by atoms with Crippen LogP contribution in [0.5, 0.6) is 0 Å². The molecule has 0 aliphatic rings. The van der Waals surface area contributed by atoms with Crippen molar-refractivity contribution in [3.63, 3.8) is 0 Å². The molecule has 5 heteroatoms. The molecule has 1 aromatic rings. The van der Waals surface area contributed by atoms with Crippen molar-refractivity contribution in [2.45, 2.75) is 6.04 Å². The molecular formula is C8H5BrClFN2. The molecule has 0 bridgehead atoms. The molecule has 0 heterocycles. The van der Waals surface area contributed by atoms with Gasteiger partial charge in [0.25, 0.3) is 0 Å². The molecule has 0 aliphatic carbocycles. The van der Waals surface area contributed by atoms with Gasteiger partial charge in [-0.05, 0) is 28.1 Å². The Morgan fingerprint density at radius 1 is 1.62 bits per heavy atom. The van der Waals surface area contributed by atoms with Crippen molar-refractivity contribution >= 4 is 27.5 Å². The molecule has 0 saturated heterocycles. The van der Waals surface area contributed by atoms with Crippen LogP contribution in [0.25, 0.3) is 0 Å². The summed E-state index contributed by atoms with van der Waals surface area (Å²) in [6, 6.07) is 3.31. The Kier molecular flexibility index (Phi) is 3.26. The predicted octanol–water partition coefficient (Wildman–Crippen LogP) is 2.76. The van der Waals surface area contributed by atoms with E-state index in [1.54, 1.807) is 6.07 Å². The number of rotatable bonds is 1. The maximum Gasteiger partial charge on any atom is 0.130 e. The van der Waals surface area contributed by atoms with Crippen LogP contribution < -0.4 is 5.73 Å². The van der Waals surface area contributed by atoms with Crippen molar-refractivity contribution in [3.8, 4) is 6.07 Å². The summed E-state index contributed by atoms with van der Waals surface area (Å²) in [7, 11) is 0. The summed E-state index contributed by atoms with van der Waals surface area (Å²) in [6.07, 6.45) is 0. The van der Waals surface area contributed by atoms with Crippen molar-refractivity contribution in [3.05, 3.63) is 33.0 Å². The van der Waals surface area contributed by atoms with Gasteiger partial charge in [0.15, 0.2) is 0 Å². The second-order valence-electron chi connectivity index (χ2n) is 2.39. The number of halogens is 3. The molecule has 1 atom stereocenters. The Balaban J connectivity index is 3.25. The highest BCUT2D eigenvalue weighted by Crippen LogP contribution is 2.27. The highest BCUT2D eigenvalue weighted by Gasteiger charge is 2.12. The van der Waals surface area contributed by atoms with E-state index in [0.29, 0.717) is 4.47 Å². The average Bonchev–Trinajstić information content (AvgIpc) is 2.10. The minimum Gasteiger partial charge on any atom is -0.312 e. The van der Waals surface area contributed by atoms with Gasteiger partial charge in [0.05, 0.1) is 11.1 Å². The zero-order chi connectivity index (χ0) is 10.0. The predicted molar refractivity (Wildman–Crippen MR) is 51.7 cm³/mol. The van der Waals surface area contributed by atoms with E-state index in [2.05, 4.69) is 15.9 Å². The van der Waals surface area contributed by atoms with Crippen molar-refractivity contribution < 1.29 is 4.39 Å². The van der Waals surface area contributed by atoms with E-state index < -0.39 is 11.9 Å². The van der Waals surface area contributed by atoms with E-state index in [1.165, 1.54) is 6.07 Å². The van der Waals surface area contributed by atoms with Crippen LogP contribution in [-0.4, -0.2) is 0 Å². The van der Waals surface area contributed by atoms with Crippen LogP contribution in [0.1, 0.15) is 11.6 Å². The lowest BCUT2D eigenvalue weighted by atomic mass is 10.1. The largest absolute Gasteiger partial charge is 0.312 e. The zero-order valence-corrected chi connectivity index (χ0v) is 8.73. The van der Waals surface area contributed by atoms with E-state index in [4.69, 9.17) is 22.6 Å². The highest BCUT2D eigenvalue weighted by atomic mass is 79.9. The lowest BCUT2D eigenvalue weighted by molar-refractivity contribution is 0.603. The van der Waals surface area contributed by atoms with Gasteiger partial charge in [0.2, 0.25) is 0 Å². The van der Waals surface area contributed by atoms with E-state index in [0.717, 1.165) is 6.07 Å². The molecule has 1 unspecified atom stereocenters. The summed E-state index contributed by atoms with van der Waals surface area (Å²) in [5.41, 5.74) is 5.49. The molecule has 13 heavy (non-hydrogen) atoms. The van der Waals surface area contributed by atoms with Crippen LogP contribution in [0.3, 0.4) is 0 Å². The fourth-order valence-electron chi connectivity index (χ4n) is 0.846. The van der Waals surface area contributed by atoms with Gasteiger partial charge in [-0.25, -0.2) is 4.39 Å². The SMILES string of the molecule is N#CC(N)c1cc(Br)c(Cl)cc1F. The molecule has 1 aromatic carbocycles.